The molecule has 18 heavy (non-hydrogen) atoms. The zero-order chi connectivity index (χ0) is 13.3. The first kappa shape index (κ1) is 12.9. The zero-order valence-corrected chi connectivity index (χ0v) is 11.3. The molecular formula is C10H10FN3O2S2. The fraction of sp³-hybridized carbons (Fsp3) is 0.200. The Morgan fingerprint density at radius 1 is 1.28 bits per heavy atom. The van der Waals surface area contributed by atoms with Crippen molar-refractivity contribution in [2.24, 2.45) is 0 Å². The molecule has 0 radical (unpaired) electrons. The van der Waals surface area contributed by atoms with E-state index in [2.05, 4.69) is 14.3 Å². The summed E-state index contributed by atoms with van der Waals surface area (Å²) in [6.45, 7) is 3.10. The first-order valence-electron chi connectivity index (χ1n) is 4.97. The average molecular weight is 287 g/mol. The van der Waals surface area contributed by atoms with Crippen molar-refractivity contribution in [3.8, 4) is 0 Å². The number of hydrogen-bond acceptors (Lipinski definition) is 5. The average Bonchev–Trinajstić information content (AvgIpc) is 2.66. The monoisotopic (exact) mass is 287 g/mol. The molecule has 0 saturated carbocycles. The minimum absolute atomic E-state index is 0.0808. The van der Waals surface area contributed by atoms with E-state index in [-0.39, 0.29) is 4.90 Å². The number of sulfonamides is 1. The summed E-state index contributed by atoms with van der Waals surface area (Å²) in [6, 6.07) is 2.37. The first-order chi connectivity index (χ1) is 8.40. The van der Waals surface area contributed by atoms with Crippen molar-refractivity contribution < 1.29 is 12.8 Å². The Bertz CT molecular complexity index is 645. The van der Waals surface area contributed by atoms with Gasteiger partial charge in [0, 0.05) is 11.5 Å². The van der Waals surface area contributed by atoms with E-state index in [9.17, 15) is 12.8 Å². The number of nitrogens with one attached hydrogen (secondary N) is 1. The zero-order valence-electron chi connectivity index (χ0n) is 9.64. The van der Waals surface area contributed by atoms with Gasteiger partial charge in [0.25, 0.3) is 10.0 Å². The lowest BCUT2D eigenvalue weighted by Crippen LogP contribution is -2.15. The molecule has 0 aliphatic rings. The highest BCUT2D eigenvalue weighted by atomic mass is 32.2. The van der Waals surface area contributed by atoms with E-state index in [1.165, 1.54) is 18.3 Å². The third-order valence-corrected chi connectivity index (χ3v) is 4.67. The molecule has 96 valence electrons. The lowest BCUT2D eigenvalue weighted by atomic mass is 10.1. The molecule has 8 heteroatoms. The van der Waals surface area contributed by atoms with Gasteiger partial charge in [0.1, 0.15) is 10.8 Å². The van der Waals surface area contributed by atoms with Crippen LogP contribution in [0.3, 0.4) is 0 Å². The molecule has 0 bridgehead atoms. The van der Waals surface area contributed by atoms with E-state index in [0.717, 1.165) is 11.5 Å². The maximum Gasteiger partial charge on any atom is 0.263 e. The number of nitrogens with zero attached hydrogens (tertiary/aromatic N) is 2. The molecule has 0 atom stereocenters. The number of aromatic nitrogens is 2. The Balaban J connectivity index is 2.48. The minimum atomic E-state index is -3.75. The fourth-order valence-corrected chi connectivity index (χ4v) is 3.86. The molecular weight excluding hydrogens is 277 g/mol. The molecule has 0 aliphatic heterocycles. The Hall–Kier alpha value is -1.54. The lowest BCUT2D eigenvalue weighted by Gasteiger charge is -2.11. The highest BCUT2D eigenvalue weighted by Gasteiger charge is 2.21. The number of aryl methyl sites for hydroxylation is 2. The van der Waals surface area contributed by atoms with Gasteiger partial charge in [-0.05, 0) is 37.1 Å². The quantitative estimate of drug-likeness (QED) is 0.938. The van der Waals surface area contributed by atoms with Gasteiger partial charge in [-0.3, -0.25) is 4.72 Å². The summed E-state index contributed by atoms with van der Waals surface area (Å²) in [7, 11) is -3.75. The van der Waals surface area contributed by atoms with Gasteiger partial charge in [-0.1, -0.05) is 4.49 Å². The summed E-state index contributed by atoms with van der Waals surface area (Å²) in [5.74, 6) is -0.455. The molecule has 1 N–H and O–H groups in total. The van der Waals surface area contributed by atoms with E-state index in [1.807, 2.05) is 0 Å². The van der Waals surface area contributed by atoms with Crippen LogP contribution in [0.4, 0.5) is 9.39 Å². The van der Waals surface area contributed by atoms with Crippen LogP contribution in [0.5, 0.6) is 0 Å². The Morgan fingerprint density at radius 2 is 1.89 bits per heavy atom. The third-order valence-electron chi connectivity index (χ3n) is 2.29. The Labute approximate surface area is 108 Å². The standard InChI is InChI=1S/C10H10FN3O2S2/c1-6-3-8(11)4-7(2)10(6)18(15,16)13-9-5-12-14-17-9/h3-5,13H,1-2H3. The lowest BCUT2D eigenvalue weighted by molar-refractivity contribution is 0.597. The third kappa shape index (κ3) is 2.49. The highest BCUT2D eigenvalue weighted by molar-refractivity contribution is 7.93. The smallest absolute Gasteiger partial charge is 0.263 e. The van der Waals surface area contributed by atoms with Gasteiger partial charge in [0.05, 0.1) is 11.1 Å². The van der Waals surface area contributed by atoms with E-state index in [4.69, 9.17) is 0 Å². The van der Waals surface area contributed by atoms with Gasteiger partial charge in [-0.25, -0.2) is 12.8 Å². The van der Waals surface area contributed by atoms with E-state index < -0.39 is 15.8 Å². The largest absolute Gasteiger partial charge is 0.268 e. The summed E-state index contributed by atoms with van der Waals surface area (Å²) in [4.78, 5) is 0.0808. The van der Waals surface area contributed by atoms with Crippen LogP contribution in [0, 0.1) is 19.7 Å². The Kier molecular flexibility index (Phi) is 3.31. The van der Waals surface area contributed by atoms with Crippen molar-refractivity contribution >= 4 is 26.6 Å². The van der Waals surface area contributed by atoms with Gasteiger partial charge < -0.3 is 0 Å². The molecule has 2 aromatic rings. The predicted octanol–water partition coefficient (Wildman–Crippen LogP) is 2.09. The summed E-state index contributed by atoms with van der Waals surface area (Å²) in [5.41, 5.74) is 0.718. The molecule has 0 unspecified atom stereocenters. The molecule has 0 fully saturated rings. The van der Waals surface area contributed by atoms with Crippen LogP contribution in [-0.4, -0.2) is 18.0 Å². The van der Waals surface area contributed by atoms with Gasteiger partial charge in [-0.15, -0.1) is 5.10 Å². The van der Waals surface area contributed by atoms with Gasteiger partial charge >= 0.3 is 0 Å². The number of benzene rings is 1. The number of anilines is 1. The summed E-state index contributed by atoms with van der Waals surface area (Å²) >= 11 is 0.934. The summed E-state index contributed by atoms with van der Waals surface area (Å²) in [5, 5.41) is 3.86. The van der Waals surface area contributed by atoms with Gasteiger partial charge in [0.15, 0.2) is 0 Å². The predicted molar refractivity (Wildman–Crippen MR) is 66.6 cm³/mol. The van der Waals surface area contributed by atoms with Crippen molar-refractivity contribution in [3.63, 3.8) is 0 Å². The number of rotatable bonds is 3. The van der Waals surface area contributed by atoms with Crippen LogP contribution >= 0.6 is 11.5 Å². The molecule has 0 amide bonds. The molecule has 1 aromatic carbocycles. The molecule has 0 aliphatic carbocycles. The summed E-state index contributed by atoms with van der Waals surface area (Å²) < 4.78 is 43.4. The topological polar surface area (TPSA) is 72.0 Å². The van der Waals surface area contributed by atoms with E-state index in [0.29, 0.717) is 16.1 Å². The van der Waals surface area contributed by atoms with Gasteiger partial charge in [-0.2, -0.15) is 0 Å². The highest BCUT2D eigenvalue weighted by Crippen LogP contribution is 2.24. The van der Waals surface area contributed by atoms with Crippen LogP contribution in [0.2, 0.25) is 0 Å². The van der Waals surface area contributed by atoms with Crippen LogP contribution in [-0.2, 0) is 10.0 Å². The second-order valence-electron chi connectivity index (χ2n) is 3.76. The van der Waals surface area contributed by atoms with Crippen LogP contribution in [0.15, 0.2) is 23.2 Å². The van der Waals surface area contributed by atoms with Crippen molar-refractivity contribution in [2.45, 2.75) is 18.7 Å². The fourth-order valence-electron chi connectivity index (χ4n) is 1.72. The SMILES string of the molecule is Cc1cc(F)cc(C)c1S(=O)(=O)Nc1cnns1. The molecule has 0 saturated heterocycles. The van der Waals surface area contributed by atoms with E-state index in [1.54, 1.807) is 13.8 Å². The Morgan fingerprint density at radius 3 is 2.39 bits per heavy atom. The second kappa shape index (κ2) is 4.62. The molecule has 5 nitrogen and oxygen atoms in total. The van der Waals surface area contributed by atoms with Crippen LogP contribution in [0.25, 0.3) is 0 Å². The van der Waals surface area contributed by atoms with E-state index >= 15 is 0 Å². The summed E-state index contributed by atoms with van der Waals surface area (Å²) in [6.07, 6.45) is 1.32. The van der Waals surface area contributed by atoms with Crippen molar-refractivity contribution in [1.82, 2.24) is 9.59 Å². The van der Waals surface area contributed by atoms with Crippen LogP contribution < -0.4 is 4.72 Å². The molecule has 1 heterocycles. The molecule has 0 spiro atoms. The number of halogens is 1. The minimum Gasteiger partial charge on any atom is -0.268 e. The van der Waals surface area contributed by atoms with Crippen molar-refractivity contribution in [3.05, 3.63) is 35.3 Å². The number of hydrogen-bond donors (Lipinski definition) is 1. The molecule has 1 aromatic heterocycles. The van der Waals surface area contributed by atoms with Gasteiger partial charge in [0.2, 0.25) is 0 Å². The normalized spacial score (nSPS) is 11.5. The second-order valence-corrected chi connectivity index (χ2v) is 6.16. The maximum absolute atomic E-state index is 13.1. The molecule has 2 rings (SSSR count). The maximum atomic E-state index is 13.1. The van der Waals surface area contributed by atoms with Crippen LogP contribution in [0.1, 0.15) is 11.1 Å². The first-order valence-corrected chi connectivity index (χ1v) is 7.23. The van der Waals surface area contributed by atoms with Crippen molar-refractivity contribution in [1.29, 1.82) is 0 Å². The van der Waals surface area contributed by atoms with Crippen molar-refractivity contribution in [2.75, 3.05) is 4.72 Å².